The first-order valence-corrected chi connectivity index (χ1v) is 7.38. The number of ether oxygens (including phenoxy) is 1. The number of rotatable bonds is 3. The van der Waals surface area contributed by atoms with Crippen molar-refractivity contribution in [3.05, 3.63) is 45.8 Å². The monoisotopic (exact) mass is 353 g/mol. The Morgan fingerprint density at radius 2 is 2.15 bits per heavy atom. The Morgan fingerprint density at radius 1 is 1.30 bits per heavy atom. The van der Waals surface area contributed by atoms with Gasteiger partial charge in [-0.05, 0) is 45.6 Å². The van der Waals surface area contributed by atoms with Crippen molar-refractivity contribution in [3.63, 3.8) is 0 Å². The highest BCUT2D eigenvalue weighted by molar-refractivity contribution is 9.10. The van der Waals surface area contributed by atoms with E-state index in [4.69, 9.17) is 10.5 Å². The highest BCUT2D eigenvalue weighted by Crippen LogP contribution is 2.27. The number of nitrogens with zero attached hydrogens (tertiary/aromatic N) is 2. The molecule has 0 unspecified atom stereocenters. The molecule has 0 fully saturated rings. The number of halogens is 2. The molecule has 0 aliphatic rings. The third-order valence-corrected chi connectivity index (χ3v) is 4.08. The van der Waals surface area contributed by atoms with Gasteiger partial charge in [0.05, 0.1) is 9.86 Å². The van der Waals surface area contributed by atoms with Crippen LogP contribution < -0.4 is 10.5 Å². The van der Waals surface area contributed by atoms with Crippen LogP contribution in [0, 0.1) is 5.82 Å². The van der Waals surface area contributed by atoms with Crippen LogP contribution in [0.3, 0.4) is 0 Å². The molecule has 0 saturated carbocycles. The second-order valence-corrected chi connectivity index (χ2v) is 5.78. The van der Waals surface area contributed by atoms with Crippen molar-refractivity contribution in [2.75, 3.05) is 5.73 Å². The quantitative estimate of drug-likeness (QED) is 0.778. The fourth-order valence-corrected chi connectivity index (χ4v) is 2.98. The summed E-state index contributed by atoms with van der Waals surface area (Å²) in [6.07, 6.45) is 0. The van der Waals surface area contributed by atoms with E-state index in [1.807, 2.05) is 11.4 Å². The molecule has 0 aliphatic carbocycles. The van der Waals surface area contributed by atoms with Crippen LogP contribution in [0.4, 0.5) is 10.2 Å². The lowest BCUT2D eigenvalue weighted by Gasteiger charge is -2.08. The summed E-state index contributed by atoms with van der Waals surface area (Å²) < 4.78 is 19.1. The van der Waals surface area contributed by atoms with Gasteiger partial charge in [-0.3, -0.25) is 0 Å². The van der Waals surface area contributed by atoms with Gasteiger partial charge in [-0.1, -0.05) is 0 Å². The molecule has 0 radical (unpaired) electrons. The van der Waals surface area contributed by atoms with Crippen LogP contribution in [-0.4, -0.2) is 9.97 Å². The van der Waals surface area contributed by atoms with Gasteiger partial charge >= 0.3 is 0 Å². The molecule has 0 saturated heterocycles. The largest absolute Gasteiger partial charge is 0.484 e. The number of nitrogens with two attached hydrogens (primary N) is 1. The van der Waals surface area contributed by atoms with E-state index < -0.39 is 0 Å². The maximum Gasteiger partial charge on any atom is 0.169 e. The Kier molecular flexibility index (Phi) is 3.54. The van der Waals surface area contributed by atoms with E-state index in [0.717, 1.165) is 10.2 Å². The van der Waals surface area contributed by atoms with Crippen molar-refractivity contribution in [2.24, 2.45) is 0 Å². The fraction of sp³-hybridized carbons (Fsp3) is 0.0769. The zero-order chi connectivity index (χ0) is 14.1. The maximum absolute atomic E-state index is 13.0. The van der Waals surface area contributed by atoms with E-state index in [1.165, 1.54) is 23.5 Å². The van der Waals surface area contributed by atoms with Crippen molar-refractivity contribution < 1.29 is 9.13 Å². The van der Waals surface area contributed by atoms with Crippen molar-refractivity contribution in [3.8, 4) is 5.75 Å². The molecule has 4 nitrogen and oxygen atoms in total. The molecule has 0 bridgehead atoms. The lowest BCUT2D eigenvalue weighted by Crippen LogP contribution is -2.04. The molecule has 0 amide bonds. The molecule has 0 atom stereocenters. The Morgan fingerprint density at radius 3 is 2.95 bits per heavy atom. The van der Waals surface area contributed by atoms with Crippen LogP contribution >= 0.6 is 27.3 Å². The molecule has 3 rings (SSSR count). The summed E-state index contributed by atoms with van der Waals surface area (Å²) in [7, 11) is 0. The lowest BCUT2D eigenvalue weighted by atomic mass is 10.3. The topological polar surface area (TPSA) is 61.0 Å². The van der Waals surface area contributed by atoms with Crippen molar-refractivity contribution in [2.45, 2.75) is 6.61 Å². The van der Waals surface area contributed by atoms with Crippen LogP contribution in [-0.2, 0) is 6.61 Å². The zero-order valence-electron chi connectivity index (χ0n) is 10.1. The number of aromatic nitrogens is 2. The van der Waals surface area contributed by atoms with Gasteiger partial charge in [0.2, 0.25) is 0 Å². The first kappa shape index (κ1) is 13.3. The molecule has 2 heterocycles. The molecular formula is C13H9BrFN3OS. The Labute approximate surface area is 126 Å². The van der Waals surface area contributed by atoms with E-state index in [2.05, 4.69) is 25.9 Å². The van der Waals surface area contributed by atoms with Gasteiger partial charge in [-0.2, -0.15) is 0 Å². The van der Waals surface area contributed by atoms with E-state index in [-0.39, 0.29) is 12.4 Å². The van der Waals surface area contributed by atoms with Crippen LogP contribution in [0.2, 0.25) is 0 Å². The Balaban J connectivity index is 1.82. The third-order valence-electron chi connectivity index (χ3n) is 2.65. The van der Waals surface area contributed by atoms with Gasteiger partial charge in [0.15, 0.2) is 5.82 Å². The third kappa shape index (κ3) is 2.59. The van der Waals surface area contributed by atoms with Gasteiger partial charge in [0.25, 0.3) is 0 Å². The summed E-state index contributed by atoms with van der Waals surface area (Å²) in [5.41, 5.74) is 5.86. The highest BCUT2D eigenvalue weighted by Gasteiger charge is 2.08. The molecule has 3 aromatic rings. The Bertz CT molecular complexity index is 777. The number of benzene rings is 1. The first-order valence-electron chi connectivity index (χ1n) is 5.71. The van der Waals surface area contributed by atoms with Crippen LogP contribution in [0.5, 0.6) is 5.75 Å². The molecule has 2 aromatic heterocycles. The predicted molar refractivity (Wildman–Crippen MR) is 80.3 cm³/mol. The average molecular weight is 354 g/mol. The second-order valence-electron chi connectivity index (χ2n) is 4.03. The van der Waals surface area contributed by atoms with Gasteiger partial charge in [-0.15, -0.1) is 11.3 Å². The van der Waals surface area contributed by atoms with E-state index in [0.29, 0.717) is 21.9 Å². The van der Waals surface area contributed by atoms with Crippen molar-refractivity contribution >= 4 is 43.3 Å². The summed E-state index contributed by atoms with van der Waals surface area (Å²) in [5.74, 6) is 1.13. The summed E-state index contributed by atoms with van der Waals surface area (Å²) in [4.78, 5) is 9.39. The normalized spacial score (nSPS) is 10.9. The number of hydrogen-bond acceptors (Lipinski definition) is 5. The van der Waals surface area contributed by atoms with Crippen LogP contribution in [0.25, 0.3) is 10.2 Å². The maximum atomic E-state index is 13.0. The highest BCUT2D eigenvalue weighted by atomic mass is 79.9. The van der Waals surface area contributed by atoms with Gasteiger partial charge in [0, 0.05) is 0 Å². The van der Waals surface area contributed by atoms with Crippen molar-refractivity contribution in [1.82, 2.24) is 9.97 Å². The second kappa shape index (κ2) is 5.34. The predicted octanol–water partition coefficient (Wildman–Crippen LogP) is 3.75. The minimum atomic E-state index is -0.329. The van der Waals surface area contributed by atoms with E-state index >= 15 is 0 Å². The number of nitrogen functional groups attached to an aromatic ring is 1. The summed E-state index contributed by atoms with van der Waals surface area (Å²) in [6, 6.07) is 6.10. The molecule has 0 aliphatic heterocycles. The summed E-state index contributed by atoms with van der Waals surface area (Å²) >= 11 is 4.74. The molecule has 102 valence electrons. The van der Waals surface area contributed by atoms with Crippen LogP contribution in [0.15, 0.2) is 34.1 Å². The van der Waals surface area contributed by atoms with Crippen molar-refractivity contribution in [1.29, 1.82) is 0 Å². The average Bonchev–Trinajstić information content (AvgIpc) is 2.86. The molecule has 1 aromatic carbocycles. The molecular weight excluding hydrogens is 345 g/mol. The fourth-order valence-electron chi connectivity index (χ4n) is 1.72. The first-order chi connectivity index (χ1) is 9.63. The number of fused-ring (bicyclic) bond motifs is 1. The lowest BCUT2D eigenvalue weighted by molar-refractivity contribution is 0.294. The van der Waals surface area contributed by atoms with E-state index in [1.54, 1.807) is 6.07 Å². The van der Waals surface area contributed by atoms with E-state index in [9.17, 15) is 4.39 Å². The zero-order valence-corrected chi connectivity index (χ0v) is 12.5. The smallest absolute Gasteiger partial charge is 0.169 e. The SMILES string of the molecule is Nc1nc(COc2ccc(F)cc2Br)nc2sccc12. The number of hydrogen-bond donors (Lipinski definition) is 1. The Hall–Kier alpha value is -1.73. The number of anilines is 1. The summed E-state index contributed by atoms with van der Waals surface area (Å²) in [6.45, 7) is 0.169. The standard InChI is InChI=1S/C13H9BrFN3OS/c14-9-5-7(15)1-2-10(9)19-6-11-17-12(16)8-3-4-20-13(8)18-11/h1-5H,6H2,(H2,16,17,18). The number of thiophene rings is 1. The molecule has 20 heavy (non-hydrogen) atoms. The van der Waals surface area contributed by atoms with Crippen LogP contribution in [0.1, 0.15) is 5.82 Å². The summed E-state index contributed by atoms with van der Waals surface area (Å²) in [5, 5.41) is 2.76. The molecule has 2 N–H and O–H groups in total. The minimum Gasteiger partial charge on any atom is -0.484 e. The molecule has 0 spiro atoms. The van der Waals surface area contributed by atoms with Gasteiger partial charge in [0.1, 0.15) is 28.8 Å². The minimum absolute atomic E-state index is 0.169. The molecule has 7 heteroatoms. The van der Waals surface area contributed by atoms with Gasteiger partial charge < -0.3 is 10.5 Å². The van der Waals surface area contributed by atoms with Gasteiger partial charge in [-0.25, -0.2) is 14.4 Å².